The number of rotatable bonds is 5. The van der Waals surface area contributed by atoms with Crippen molar-refractivity contribution in [3.05, 3.63) is 89.4 Å². The number of hydrogen-bond acceptors (Lipinski definition) is 7. The van der Waals surface area contributed by atoms with Gasteiger partial charge in [-0.2, -0.15) is 0 Å². The number of nitrogens with zero attached hydrogens (tertiary/aromatic N) is 4. The van der Waals surface area contributed by atoms with Crippen LogP contribution in [-0.2, 0) is 20.9 Å². The highest BCUT2D eigenvalue weighted by molar-refractivity contribution is 7.10. The molecule has 40 heavy (non-hydrogen) atoms. The maximum atomic E-state index is 13.9. The molecule has 0 bridgehead atoms. The van der Waals surface area contributed by atoms with Crippen molar-refractivity contribution in [1.82, 2.24) is 14.0 Å². The first kappa shape index (κ1) is 26.5. The van der Waals surface area contributed by atoms with Gasteiger partial charge in [0.25, 0.3) is 5.56 Å². The molecule has 2 atom stereocenters. The summed E-state index contributed by atoms with van der Waals surface area (Å²) in [6, 6.07) is 11.4. The molecule has 2 aliphatic heterocycles. The van der Waals surface area contributed by atoms with Crippen LogP contribution in [0.3, 0.4) is 0 Å². The van der Waals surface area contributed by atoms with Gasteiger partial charge in [-0.15, -0.1) is 11.3 Å². The highest BCUT2D eigenvalue weighted by Crippen LogP contribution is 2.33. The van der Waals surface area contributed by atoms with Crippen molar-refractivity contribution in [2.24, 2.45) is 4.99 Å². The lowest BCUT2D eigenvalue weighted by Crippen LogP contribution is -2.43. The Morgan fingerprint density at radius 1 is 1.18 bits per heavy atom. The van der Waals surface area contributed by atoms with E-state index in [-0.39, 0.29) is 24.1 Å². The molecule has 6 rings (SSSR count). The second-order valence-corrected chi connectivity index (χ2v) is 12.2. The SMILES string of the molecule is COC(=O)C1=C(C)N=c2sc(=Cc3cn(CC(=O)N4CCCCC4C)c4ccccc34)c(=O)n2C1c1cccs1. The number of methoxy groups -OCH3 is 1. The molecule has 3 aromatic heterocycles. The van der Waals surface area contributed by atoms with Gasteiger partial charge in [0.2, 0.25) is 5.91 Å². The van der Waals surface area contributed by atoms with E-state index in [1.54, 1.807) is 11.5 Å². The Morgan fingerprint density at radius 3 is 2.75 bits per heavy atom. The van der Waals surface area contributed by atoms with E-state index in [4.69, 9.17) is 4.74 Å². The van der Waals surface area contributed by atoms with Crippen LogP contribution in [0.25, 0.3) is 17.0 Å². The van der Waals surface area contributed by atoms with E-state index in [2.05, 4.69) is 11.9 Å². The summed E-state index contributed by atoms with van der Waals surface area (Å²) in [5, 5.41) is 2.89. The van der Waals surface area contributed by atoms with E-state index in [1.807, 2.05) is 63.5 Å². The lowest BCUT2D eigenvalue weighted by Gasteiger charge is -2.33. The zero-order valence-electron chi connectivity index (χ0n) is 22.6. The number of esters is 1. The number of amides is 1. The van der Waals surface area contributed by atoms with E-state index in [0.717, 1.165) is 47.2 Å². The summed E-state index contributed by atoms with van der Waals surface area (Å²) >= 11 is 2.78. The van der Waals surface area contributed by atoms with Crippen LogP contribution < -0.4 is 14.9 Å². The lowest BCUT2D eigenvalue weighted by atomic mass is 10.0. The molecule has 10 heteroatoms. The molecule has 0 aliphatic carbocycles. The van der Waals surface area contributed by atoms with Crippen LogP contribution >= 0.6 is 22.7 Å². The Balaban J connectivity index is 1.45. The number of para-hydroxylation sites is 1. The average Bonchev–Trinajstić information content (AvgIpc) is 3.67. The third-order valence-corrected chi connectivity index (χ3v) is 9.68. The number of fused-ring (bicyclic) bond motifs is 2. The minimum Gasteiger partial charge on any atom is -0.466 e. The van der Waals surface area contributed by atoms with Crippen molar-refractivity contribution < 1.29 is 14.3 Å². The molecule has 2 aliphatic rings. The van der Waals surface area contributed by atoms with Crippen molar-refractivity contribution >= 4 is 51.5 Å². The normalized spacial score (nSPS) is 19.6. The fourth-order valence-corrected chi connectivity index (χ4v) is 7.64. The lowest BCUT2D eigenvalue weighted by molar-refractivity contribution is -0.137. The van der Waals surface area contributed by atoms with Crippen molar-refractivity contribution in [3.63, 3.8) is 0 Å². The van der Waals surface area contributed by atoms with Crippen LogP contribution in [0.5, 0.6) is 0 Å². The summed E-state index contributed by atoms with van der Waals surface area (Å²) in [4.78, 5) is 48.0. The molecule has 0 N–H and O–H groups in total. The Bertz CT molecular complexity index is 1830. The van der Waals surface area contributed by atoms with Crippen molar-refractivity contribution in [1.29, 1.82) is 0 Å². The molecule has 0 radical (unpaired) electrons. The number of ether oxygens (including phenoxy) is 1. The number of likely N-dealkylation sites (tertiary alicyclic amines) is 1. The maximum absolute atomic E-state index is 13.9. The summed E-state index contributed by atoms with van der Waals surface area (Å²) < 4.78 is 9.17. The van der Waals surface area contributed by atoms with Crippen molar-refractivity contribution in [2.45, 2.75) is 51.7 Å². The van der Waals surface area contributed by atoms with E-state index in [9.17, 15) is 14.4 Å². The van der Waals surface area contributed by atoms with E-state index in [0.29, 0.717) is 20.6 Å². The van der Waals surface area contributed by atoms with Gasteiger partial charge in [0.1, 0.15) is 12.6 Å². The standard InChI is InChI=1S/C30H30N4O4S2/c1-18-9-6-7-13-33(18)25(35)17-32-16-20(21-10-4-5-11-22(21)32)15-24-28(36)34-27(23-12-8-14-39-23)26(29(37)38-3)19(2)31-30(34)40-24/h4-5,8,10-12,14-16,18,27H,6-7,9,13,17H2,1-3H3. The van der Waals surface area contributed by atoms with Crippen molar-refractivity contribution in [2.75, 3.05) is 13.7 Å². The number of carbonyl (C=O) groups excluding carboxylic acids is 2. The third kappa shape index (κ3) is 4.54. The zero-order valence-corrected chi connectivity index (χ0v) is 24.3. The molecule has 4 aromatic rings. The van der Waals surface area contributed by atoms with Gasteiger partial charge in [-0.1, -0.05) is 35.6 Å². The Labute approximate surface area is 239 Å². The second-order valence-electron chi connectivity index (χ2n) is 10.3. The number of thiazole rings is 1. The molecule has 1 saturated heterocycles. The predicted molar refractivity (Wildman–Crippen MR) is 157 cm³/mol. The number of aromatic nitrogens is 2. The third-order valence-electron chi connectivity index (χ3n) is 7.77. The fourth-order valence-electron chi connectivity index (χ4n) is 5.78. The Morgan fingerprint density at radius 2 is 2.00 bits per heavy atom. The number of benzene rings is 1. The van der Waals surface area contributed by atoms with Crippen LogP contribution in [0, 0.1) is 0 Å². The second kappa shape index (κ2) is 10.7. The van der Waals surface area contributed by atoms with Crippen molar-refractivity contribution in [3.8, 4) is 0 Å². The average molecular weight is 575 g/mol. The van der Waals surface area contributed by atoms with Gasteiger partial charge in [-0.05, 0) is 56.7 Å². The molecule has 1 fully saturated rings. The minimum absolute atomic E-state index is 0.112. The summed E-state index contributed by atoms with van der Waals surface area (Å²) in [7, 11) is 1.34. The van der Waals surface area contributed by atoms with Gasteiger partial charge in [0, 0.05) is 40.1 Å². The van der Waals surface area contributed by atoms with E-state index in [1.165, 1.54) is 29.8 Å². The van der Waals surface area contributed by atoms with Gasteiger partial charge < -0.3 is 14.2 Å². The van der Waals surface area contributed by atoms with Crippen LogP contribution in [0.2, 0.25) is 0 Å². The highest BCUT2D eigenvalue weighted by atomic mass is 32.1. The molecular weight excluding hydrogens is 544 g/mol. The van der Waals surface area contributed by atoms with Gasteiger partial charge >= 0.3 is 5.97 Å². The fraction of sp³-hybridized carbons (Fsp3) is 0.333. The number of thiophene rings is 1. The van der Waals surface area contributed by atoms with Gasteiger partial charge in [0.05, 0.1) is 22.9 Å². The molecular formula is C30H30N4O4S2. The molecule has 8 nitrogen and oxygen atoms in total. The Hall–Kier alpha value is -3.76. The summed E-state index contributed by atoms with van der Waals surface area (Å²) in [5.74, 6) is -0.384. The summed E-state index contributed by atoms with van der Waals surface area (Å²) in [6.45, 7) is 4.94. The quantitative estimate of drug-likeness (QED) is 0.339. The molecule has 5 heterocycles. The first-order valence-corrected chi connectivity index (χ1v) is 15.1. The topological polar surface area (TPSA) is 85.9 Å². The van der Waals surface area contributed by atoms with Gasteiger partial charge in [-0.25, -0.2) is 9.79 Å². The molecule has 1 aromatic carbocycles. The zero-order chi connectivity index (χ0) is 28.0. The predicted octanol–water partition coefficient (Wildman–Crippen LogP) is 3.83. The molecule has 1 amide bonds. The largest absolute Gasteiger partial charge is 0.466 e. The Kier molecular flexibility index (Phi) is 7.06. The smallest absolute Gasteiger partial charge is 0.338 e. The van der Waals surface area contributed by atoms with Crippen LogP contribution in [0.4, 0.5) is 0 Å². The number of carbonyl (C=O) groups is 2. The number of hydrogen-bond donors (Lipinski definition) is 0. The first-order valence-electron chi connectivity index (χ1n) is 13.4. The van der Waals surface area contributed by atoms with Crippen LogP contribution in [-0.4, -0.2) is 45.6 Å². The summed E-state index contributed by atoms with van der Waals surface area (Å²) in [6.07, 6.45) is 7.06. The molecule has 0 saturated carbocycles. The number of piperidine rings is 1. The molecule has 0 spiro atoms. The van der Waals surface area contributed by atoms with E-state index < -0.39 is 12.0 Å². The molecule has 206 valence electrons. The van der Waals surface area contributed by atoms with Gasteiger partial charge in [-0.3, -0.25) is 14.2 Å². The first-order chi connectivity index (χ1) is 19.4. The highest BCUT2D eigenvalue weighted by Gasteiger charge is 2.33. The van der Waals surface area contributed by atoms with Crippen LogP contribution in [0.15, 0.2) is 69.0 Å². The number of allylic oxidation sites excluding steroid dienone is 1. The molecule has 2 unspecified atom stereocenters. The maximum Gasteiger partial charge on any atom is 0.338 e. The summed E-state index contributed by atoms with van der Waals surface area (Å²) in [5.41, 5.74) is 2.49. The minimum atomic E-state index is -0.601. The van der Waals surface area contributed by atoms with Gasteiger partial charge in [0.15, 0.2) is 4.80 Å². The monoisotopic (exact) mass is 574 g/mol. The van der Waals surface area contributed by atoms with E-state index >= 15 is 0 Å². The van der Waals surface area contributed by atoms with Crippen LogP contribution in [0.1, 0.15) is 49.6 Å².